The average molecular weight is 1670 g/mol. The van der Waals surface area contributed by atoms with Gasteiger partial charge in [-0.25, -0.2) is 0 Å². The second-order valence-corrected chi connectivity index (χ2v) is 37.2. The SMILES string of the molecule is c1ccc2c(c1)Cc1c-2ccc2c1-c1ccccc1C2.c1ccc2c(c1)Cc1c-2ccc2c1Cc1ccccc1-2.c1ccc2c(c1)Cc1cc3c(cc1-2)-c1ccccc1C3.c1ccc2c(c1)Cc1cc3c(cc1-2)Cc1ccccc1-3.c1ccc2c(c1)Cc1ccc3c(c1-2)-c1ccccc1C3.c1ccc2c(c1)Cc1ccccc1-2.c1ccc2c(c1)c1ccccc1c1ccccc21. The molecule has 0 amide bonds. The van der Waals surface area contributed by atoms with E-state index in [1.54, 1.807) is 11.1 Å². The molecule has 0 nitrogen and oxygen atoms in total. The van der Waals surface area contributed by atoms with Gasteiger partial charge in [0.1, 0.15) is 0 Å². The van der Waals surface area contributed by atoms with Gasteiger partial charge in [0.05, 0.1) is 0 Å². The first-order chi connectivity index (χ1) is 64.9. The summed E-state index contributed by atoms with van der Waals surface area (Å²) in [6.45, 7) is 0. The molecular weight excluding hydrogens is 1570 g/mol. The highest BCUT2D eigenvalue weighted by Crippen LogP contribution is 2.54. The van der Waals surface area contributed by atoms with Gasteiger partial charge in [-0.15, -0.1) is 0 Å². The van der Waals surface area contributed by atoms with Crippen molar-refractivity contribution in [2.45, 2.75) is 70.6 Å². The van der Waals surface area contributed by atoms with E-state index in [1.807, 2.05) is 0 Å². The third-order valence-electron chi connectivity index (χ3n) is 30.0. The van der Waals surface area contributed by atoms with Gasteiger partial charge in [-0.05, 0) is 366 Å². The maximum Gasteiger partial charge on any atom is -0.000718 e. The van der Waals surface area contributed by atoms with Crippen molar-refractivity contribution in [2.75, 3.05) is 0 Å². The molecular formula is C131H92. The van der Waals surface area contributed by atoms with E-state index in [0.29, 0.717) is 0 Å². The summed E-state index contributed by atoms with van der Waals surface area (Å²) in [6, 6.07) is 155. The van der Waals surface area contributed by atoms with Crippen molar-refractivity contribution in [3.05, 3.63) is 547 Å². The van der Waals surface area contributed by atoms with Crippen molar-refractivity contribution < 1.29 is 0 Å². The standard InChI is InChI=1S/5C20H14.C18H12.C13H10/c1-3-7-16-14(6-1)12-19-18(16)10-9-15-11-13-5-2-4-8-17(13)20(15)19;1-3-7-17-13(5-1)9-15-11-20-16(12-19(15)17)10-14-6-2-4-8-18(14)20;1-3-7-17-13(5-1)9-15-11-16-10-14-6-2-4-8-18(14)20(16)12-19(15)17;1-3-7-17-13(5-1)11-15-9-10-16-12-14-6-2-4-8-18(14)20(16)19(15)17;1-3-7-15-13(5-1)11-19-17(15)9-10-18-16-8-4-2-6-14(16)12-20(18)19;1-2-8-14-13(7-1)15-9-3-4-11-17(15)18-12-6-5-10-16(14)18;1-3-7-12-10(5-1)9-11-6-2-4-8-13(11)12/h1-10H,11-12H2;2*1-8,11-12H,9-10H2;2*1-10H,11-12H2;1-12H;1-8H,9H2. The molecule has 131 heavy (non-hydrogen) atoms. The van der Waals surface area contributed by atoms with E-state index in [-0.39, 0.29) is 0 Å². The Bertz CT molecular complexity index is 7740. The van der Waals surface area contributed by atoms with Crippen LogP contribution >= 0.6 is 0 Å². The minimum absolute atomic E-state index is 1.08. The van der Waals surface area contributed by atoms with Gasteiger partial charge in [-0.3, -0.25) is 0 Å². The second kappa shape index (κ2) is 31.7. The third-order valence-corrected chi connectivity index (χ3v) is 30.0. The number of hydrogen-bond acceptors (Lipinski definition) is 0. The van der Waals surface area contributed by atoms with E-state index in [9.17, 15) is 0 Å². The van der Waals surface area contributed by atoms with Crippen LogP contribution < -0.4 is 0 Å². The highest BCUT2D eigenvalue weighted by Gasteiger charge is 2.34. The van der Waals surface area contributed by atoms with E-state index < -0.39 is 0 Å². The van der Waals surface area contributed by atoms with Crippen LogP contribution in [0.25, 0.3) is 155 Å². The van der Waals surface area contributed by atoms with Crippen molar-refractivity contribution in [3.8, 4) is 122 Å². The lowest BCUT2D eigenvalue weighted by Gasteiger charge is -2.10. The minimum atomic E-state index is 1.08. The lowest BCUT2D eigenvalue weighted by atomic mass is 9.94. The van der Waals surface area contributed by atoms with Crippen LogP contribution in [0.4, 0.5) is 0 Å². The largest absolute Gasteiger partial charge is 0.0619 e. The Labute approximate surface area is 766 Å². The average Bonchev–Trinajstić information content (AvgIpc) is 1.57. The molecule has 0 heterocycles. The lowest BCUT2D eigenvalue weighted by Crippen LogP contribution is -1.90. The van der Waals surface area contributed by atoms with Crippen LogP contribution in [-0.2, 0) is 70.6 Å². The number of fused-ring (bicyclic) bond motifs is 42. The Morgan fingerprint density at radius 3 is 0.573 bits per heavy atom. The Morgan fingerprint density at radius 2 is 0.267 bits per heavy atom. The first kappa shape index (κ1) is 76.6. The van der Waals surface area contributed by atoms with Gasteiger partial charge >= 0.3 is 0 Å². The van der Waals surface area contributed by atoms with Crippen LogP contribution in [0, 0.1) is 0 Å². The molecule has 11 aliphatic carbocycles. The molecule has 32 rings (SSSR count). The molecule has 0 spiro atoms. The smallest absolute Gasteiger partial charge is 0.000718 e. The molecule has 11 aliphatic rings. The monoisotopic (exact) mass is 1660 g/mol. The molecule has 0 bridgehead atoms. The van der Waals surface area contributed by atoms with Gasteiger partial charge in [-0.1, -0.05) is 406 Å². The van der Waals surface area contributed by atoms with E-state index in [4.69, 9.17) is 0 Å². The van der Waals surface area contributed by atoms with E-state index in [0.717, 1.165) is 70.6 Å². The van der Waals surface area contributed by atoms with Gasteiger partial charge in [-0.2, -0.15) is 0 Å². The predicted molar refractivity (Wildman–Crippen MR) is 548 cm³/mol. The van der Waals surface area contributed by atoms with Gasteiger partial charge in [0.2, 0.25) is 0 Å². The first-order valence-corrected chi connectivity index (χ1v) is 47.0. The highest BCUT2D eigenvalue weighted by molar-refractivity contribution is 6.25. The zero-order chi connectivity index (χ0) is 86.1. The number of rotatable bonds is 0. The Kier molecular flexibility index (Phi) is 18.5. The molecule has 0 unspecified atom stereocenters. The maximum absolute atomic E-state index is 2.44. The van der Waals surface area contributed by atoms with Crippen molar-refractivity contribution in [1.29, 1.82) is 0 Å². The van der Waals surface area contributed by atoms with Crippen LogP contribution in [-0.4, -0.2) is 0 Å². The maximum atomic E-state index is 2.44. The summed E-state index contributed by atoms with van der Waals surface area (Å²) in [4.78, 5) is 0. The predicted octanol–water partition coefficient (Wildman–Crippen LogP) is 32.5. The summed E-state index contributed by atoms with van der Waals surface area (Å²) >= 11 is 0. The summed E-state index contributed by atoms with van der Waals surface area (Å²) in [5.41, 5.74) is 64.5. The number of benzene rings is 21. The zero-order valence-electron chi connectivity index (χ0n) is 73.2. The Morgan fingerprint density at radius 1 is 0.0916 bits per heavy atom. The fourth-order valence-electron chi connectivity index (χ4n) is 24.0. The van der Waals surface area contributed by atoms with Crippen LogP contribution in [0.5, 0.6) is 0 Å². The van der Waals surface area contributed by atoms with Gasteiger partial charge in [0.15, 0.2) is 0 Å². The van der Waals surface area contributed by atoms with Gasteiger partial charge in [0, 0.05) is 0 Å². The van der Waals surface area contributed by atoms with E-state index >= 15 is 0 Å². The molecule has 616 valence electrons. The molecule has 0 aliphatic heterocycles. The van der Waals surface area contributed by atoms with E-state index in [1.165, 1.54) is 266 Å². The Hall–Kier alpha value is -15.6. The quantitative estimate of drug-likeness (QED) is 0.133. The lowest BCUT2D eigenvalue weighted by molar-refractivity contribution is 1.16. The van der Waals surface area contributed by atoms with Gasteiger partial charge in [0.25, 0.3) is 0 Å². The number of hydrogen-bond donors (Lipinski definition) is 0. The van der Waals surface area contributed by atoms with E-state index in [2.05, 4.69) is 425 Å². The van der Waals surface area contributed by atoms with Crippen LogP contribution in [0.3, 0.4) is 0 Å². The van der Waals surface area contributed by atoms with Crippen LogP contribution in [0.15, 0.2) is 425 Å². The summed E-state index contributed by atoms with van der Waals surface area (Å²) < 4.78 is 0. The summed E-state index contributed by atoms with van der Waals surface area (Å²) in [7, 11) is 0. The van der Waals surface area contributed by atoms with Gasteiger partial charge < -0.3 is 0 Å². The van der Waals surface area contributed by atoms with Crippen molar-refractivity contribution in [3.63, 3.8) is 0 Å². The topological polar surface area (TPSA) is 0 Å². The van der Waals surface area contributed by atoms with Crippen molar-refractivity contribution in [2.24, 2.45) is 0 Å². The zero-order valence-corrected chi connectivity index (χ0v) is 73.2. The molecule has 0 heteroatoms. The minimum Gasteiger partial charge on any atom is -0.0619 e. The molecule has 0 saturated carbocycles. The highest BCUT2D eigenvalue weighted by atomic mass is 14.4. The molecule has 0 N–H and O–H groups in total. The summed E-state index contributed by atoms with van der Waals surface area (Å²) in [6.07, 6.45) is 12.0. The van der Waals surface area contributed by atoms with Crippen LogP contribution in [0.1, 0.15) is 122 Å². The molecule has 21 aromatic rings. The molecule has 0 aromatic heterocycles. The fourth-order valence-corrected chi connectivity index (χ4v) is 24.0. The van der Waals surface area contributed by atoms with Crippen molar-refractivity contribution in [1.82, 2.24) is 0 Å². The molecule has 0 saturated heterocycles. The normalized spacial score (nSPS) is 13.2. The molecule has 21 aromatic carbocycles. The molecule has 0 fully saturated rings. The first-order valence-electron chi connectivity index (χ1n) is 47.0. The molecule has 0 atom stereocenters. The third kappa shape index (κ3) is 13.1. The summed E-state index contributed by atoms with van der Waals surface area (Å²) in [5.74, 6) is 0. The van der Waals surface area contributed by atoms with Crippen LogP contribution in [0.2, 0.25) is 0 Å². The molecule has 0 radical (unpaired) electrons. The second-order valence-electron chi connectivity index (χ2n) is 37.2. The fraction of sp³-hybridized carbons (Fsp3) is 0.0840. The summed E-state index contributed by atoms with van der Waals surface area (Å²) in [5, 5.41) is 8.04. The Balaban J connectivity index is 0.0000000805. The van der Waals surface area contributed by atoms with Crippen molar-refractivity contribution >= 4 is 32.3 Å².